The van der Waals surface area contributed by atoms with Crippen molar-refractivity contribution in [3.63, 3.8) is 0 Å². The van der Waals surface area contributed by atoms with Gasteiger partial charge in [0.15, 0.2) is 11.0 Å². The molecule has 0 N–H and O–H groups in total. The molecule has 10 heteroatoms. The van der Waals surface area contributed by atoms with Crippen molar-refractivity contribution in [2.75, 3.05) is 7.11 Å². The highest BCUT2D eigenvalue weighted by Gasteiger charge is 2.20. The number of hydrogen-bond acceptors (Lipinski definition) is 7. The van der Waals surface area contributed by atoms with Gasteiger partial charge in [0.25, 0.3) is 5.56 Å². The molecule has 4 aromatic rings. The van der Waals surface area contributed by atoms with Crippen LogP contribution in [0.1, 0.15) is 18.4 Å². The summed E-state index contributed by atoms with van der Waals surface area (Å²) in [5, 5.41) is 11.3. The predicted molar refractivity (Wildman–Crippen MR) is 138 cm³/mol. The van der Waals surface area contributed by atoms with Crippen LogP contribution in [-0.2, 0) is 5.75 Å². The number of fused-ring (bicyclic) bond motifs is 1. The number of benzene rings is 1. The maximum absolute atomic E-state index is 12.6. The molecule has 3 heterocycles. The van der Waals surface area contributed by atoms with Gasteiger partial charge in [-0.05, 0) is 52.5 Å². The lowest BCUT2D eigenvalue weighted by Crippen LogP contribution is -2.15. The van der Waals surface area contributed by atoms with Crippen LogP contribution >= 0.6 is 39.5 Å². The molecule has 0 radical (unpaired) electrons. The standard InChI is InChI=1S/C23H20BrN5O2S2/c1-4-19(32-5-2)22-26-27-23(29(22)17-8-6-7-9-18(17)31-3)33-14-16-12-21(30)28-13-15(24)10-11-20(28)25-16/h4-13H,2,14H2,1,3H3. The Balaban J connectivity index is 1.75. The van der Waals surface area contributed by atoms with E-state index in [9.17, 15) is 4.79 Å². The number of methoxy groups -OCH3 is 1. The van der Waals surface area contributed by atoms with Crippen LogP contribution in [0.15, 0.2) is 81.1 Å². The lowest BCUT2D eigenvalue weighted by atomic mass is 10.3. The number of nitrogens with zero attached hydrogens (tertiary/aromatic N) is 5. The first-order valence-electron chi connectivity index (χ1n) is 9.89. The Labute approximate surface area is 207 Å². The zero-order valence-corrected chi connectivity index (χ0v) is 21.2. The maximum atomic E-state index is 12.6. The second kappa shape index (κ2) is 10.4. The Morgan fingerprint density at radius 1 is 1.24 bits per heavy atom. The molecule has 0 atom stereocenters. The van der Waals surface area contributed by atoms with Crippen molar-refractivity contribution in [2.45, 2.75) is 17.8 Å². The van der Waals surface area contributed by atoms with Crippen LogP contribution in [0.25, 0.3) is 16.2 Å². The Kier molecular flexibility index (Phi) is 7.36. The summed E-state index contributed by atoms with van der Waals surface area (Å²) < 4.78 is 9.88. The van der Waals surface area contributed by atoms with E-state index >= 15 is 0 Å². The molecule has 33 heavy (non-hydrogen) atoms. The molecular formula is C23H20BrN5O2S2. The van der Waals surface area contributed by atoms with Crippen LogP contribution in [0.3, 0.4) is 0 Å². The molecule has 0 aliphatic heterocycles. The van der Waals surface area contributed by atoms with Gasteiger partial charge in [0, 0.05) is 22.5 Å². The topological polar surface area (TPSA) is 74.3 Å². The molecule has 1 aromatic carbocycles. The summed E-state index contributed by atoms with van der Waals surface area (Å²) >= 11 is 6.32. The fraction of sp³-hybridized carbons (Fsp3) is 0.130. The zero-order valence-electron chi connectivity index (χ0n) is 17.9. The normalized spacial score (nSPS) is 11.7. The molecular weight excluding hydrogens is 522 g/mol. The molecule has 0 aliphatic carbocycles. The molecule has 4 rings (SSSR count). The van der Waals surface area contributed by atoms with Crippen LogP contribution < -0.4 is 10.3 Å². The van der Waals surface area contributed by atoms with Crippen molar-refractivity contribution in [2.24, 2.45) is 0 Å². The second-order valence-corrected chi connectivity index (χ2v) is 9.57. The van der Waals surface area contributed by atoms with Gasteiger partial charge in [-0.25, -0.2) is 4.98 Å². The molecule has 0 spiro atoms. The quantitative estimate of drug-likeness (QED) is 0.269. The highest BCUT2D eigenvalue weighted by atomic mass is 79.9. The smallest absolute Gasteiger partial charge is 0.258 e. The predicted octanol–water partition coefficient (Wildman–Crippen LogP) is 5.58. The summed E-state index contributed by atoms with van der Waals surface area (Å²) in [6.07, 6.45) is 3.68. The number of aromatic nitrogens is 5. The third-order valence-electron chi connectivity index (χ3n) is 4.68. The van der Waals surface area contributed by atoms with E-state index in [1.54, 1.807) is 30.8 Å². The van der Waals surface area contributed by atoms with Crippen molar-refractivity contribution in [1.82, 2.24) is 24.1 Å². The fourth-order valence-electron chi connectivity index (χ4n) is 3.23. The SMILES string of the molecule is C=CSC(=CC)c1nnc(SCc2cc(=O)n3cc(Br)ccc3n2)n1-c1ccccc1OC. The summed E-state index contributed by atoms with van der Waals surface area (Å²) in [6.45, 7) is 5.77. The van der Waals surface area contributed by atoms with Gasteiger partial charge in [-0.2, -0.15) is 0 Å². The average Bonchev–Trinajstić information content (AvgIpc) is 3.25. The maximum Gasteiger partial charge on any atom is 0.258 e. The molecule has 0 fully saturated rings. The van der Waals surface area contributed by atoms with E-state index in [4.69, 9.17) is 4.74 Å². The monoisotopic (exact) mass is 541 g/mol. The van der Waals surface area contributed by atoms with E-state index in [0.717, 1.165) is 15.1 Å². The van der Waals surface area contributed by atoms with Crippen LogP contribution in [0.4, 0.5) is 0 Å². The Morgan fingerprint density at radius 3 is 2.82 bits per heavy atom. The van der Waals surface area contributed by atoms with E-state index in [1.165, 1.54) is 27.9 Å². The number of thioether (sulfide) groups is 2. The summed E-state index contributed by atoms with van der Waals surface area (Å²) in [4.78, 5) is 18.1. The van der Waals surface area contributed by atoms with Gasteiger partial charge in [-0.15, -0.1) is 10.2 Å². The number of pyridine rings is 1. The highest BCUT2D eigenvalue weighted by molar-refractivity contribution is 9.10. The molecule has 0 saturated heterocycles. The number of allylic oxidation sites excluding steroid dienone is 1. The van der Waals surface area contributed by atoms with E-state index in [2.05, 4.69) is 37.7 Å². The Bertz CT molecular complexity index is 1410. The van der Waals surface area contributed by atoms with Crippen molar-refractivity contribution < 1.29 is 4.74 Å². The molecule has 3 aromatic heterocycles. The van der Waals surface area contributed by atoms with Gasteiger partial charge in [0.2, 0.25) is 0 Å². The summed E-state index contributed by atoms with van der Waals surface area (Å²) in [6, 6.07) is 12.9. The lowest BCUT2D eigenvalue weighted by molar-refractivity contribution is 0.412. The zero-order chi connectivity index (χ0) is 23.4. The minimum absolute atomic E-state index is 0.137. The minimum Gasteiger partial charge on any atom is -0.495 e. The van der Waals surface area contributed by atoms with Gasteiger partial charge in [0.1, 0.15) is 11.4 Å². The largest absolute Gasteiger partial charge is 0.495 e. The van der Waals surface area contributed by atoms with Crippen LogP contribution in [0.5, 0.6) is 5.75 Å². The third kappa shape index (κ3) is 4.92. The minimum atomic E-state index is -0.137. The average molecular weight is 542 g/mol. The number of rotatable bonds is 8. The summed E-state index contributed by atoms with van der Waals surface area (Å²) in [5.41, 5.74) is 1.94. The molecule has 168 valence electrons. The Hall–Kier alpha value is -2.82. The van der Waals surface area contributed by atoms with Crippen molar-refractivity contribution in [3.8, 4) is 11.4 Å². The Morgan fingerprint density at radius 2 is 2.06 bits per heavy atom. The van der Waals surface area contributed by atoms with Crippen molar-refractivity contribution in [3.05, 3.63) is 93.1 Å². The molecule has 7 nitrogen and oxygen atoms in total. The van der Waals surface area contributed by atoms with Gasteiger partial charge < -0.3 is 4.74 Å². The van der Waals surface area contributed by atoms with Crippen molar-refractivity contribution >= 4 is 50.0 Å². The summed E-state index contributed by atoms with van der Waals surface area (Å²) in [7, 11) is 1.63. The summed E-state index contributed by atoms with van der Waals surface area (Å²) in [5.74, 6) is 1.84. The first kappa shape index (κ1) is 23.3. The second-order valence-electron chi connectivity index (χ2n) is 6.70. The highest BCUT2D eigenvalue weighted by Crippen LogP contribution is 2.35. The molecule has 0 amide bonds. The fourth-order valence-corrected chi connectivity index (χ4v) is 4.96. The molecule has 0 aliphatic rings. The van der Waals surface area contributed by atoms with E-state index in [-0.39, 0.29) is 5.56 Å². The van der Waals surface area contributed by atoms with E-state index in [0.29, 0.717) is 33.8 Å². The van der Waals surface area contributed by atoms with Crippen molar-refractivity contribution in [1.29, 1.82) is 0 Å². The number of halogens is 1. The number of ether oxygens (including phenoxy) is 1. The number of para-hydroxylation sites is 2. The van der Waals surface area contributed by atoms with Gasteiger partial charge in [-0.3, -0.25) is 13.8 Å². The van der Waals surface area contributed by atoms with Crippen LogP contribution in [0.2, 0.25) is 0 Å². The molecule has 0 saturated carbocycles. The lowest BCUT2D eigenvalue weighted by Gasteiger charge is -2.14. The van der Waals surface area contributed by atoms with Crippen LogP contribution in [0, 0.1) is 0 Å². The van der Waals surface area contributed by atoms with Gasteiger partial charge >= 0.3 is 0 Å². The molecule has 0 bridgehead atoms. The van der Waals surface area contributed by atoms with E-state index < -0.39 is 0 Å². The first-order valence-corrected chi connectivity index (χ1v) is 12.5. The van der Waals surface area contributed by atoms with Gasteiger partial charge in [-0.1, -0.05) is 48.3 Å². The van der Waals surface area contributed by atoms with Gasteiger partial charge in [0.05, 0.1) is 23.4 Å². The first-order chi connectivity index (χ1) is 16.0. The van der Waals surface area contributed by atoms with E-state index in [1.807, 2.05) is 47.9 Å². The molecule has 0 unspecified atom stereocenters. The third-order valence-corrected chi connectivity index (χ3v) is 6.95. The van der Waals surface area contributed by atoms with Crippen LogP contribution in [-0.4, -0.2) is 31.3 Å². The number of hydrogen-bond donors (Lipinski definition) is 0.